The number of hydrogen-bond acceptors (Lipinski definition) is 6. The van der Waals surface area contributed by atoms with E-state index in [1.807, 2.05) is 0 Å². The summed E-state index contributed by atoms with van der Waals surface area (Å²) in [5.74, 6) is 5.69. The Morgan fingerprint density at radius 3 is 2.83 bits per heavy atom. The number of carbonyl (C=O) groups excluding carboxylic acids is 1. The van der Waals surface area contributed by atoms with Crippen LogP contribution in [-0.2, 0) is 9.53 Å². The second-order valence-electron chi connectivity index (χ2n) is 4.90. The van der Waals surface area contributed by atoms with E-state index in [0.717, 1.165) is 0 Å². The summed E-state index contributed by atoms with van der Waals surface area (Å²) in [5, 5.41) is 14.3. The molecular weight excluding hydrogens is 318 g/mol. The molecule has 0 radical (unpaired) electrons. The number of esters is 1. The number of nitrogens with one attached hydrogen (secondary N) is 1. The van der Waals surface area contributed by atoms with Gasteiger partial charge in [-0.15, -0.1) is 0 Å². The zero-order chi connectivity index (χ0) is 17.1. The van der Waals surface area contributed by atoms with Crippen molar-refractivity contribution in [3.63, 3.8) is 0 Å². The Labute approximate surface area is 139 Å². The Balaban J connectivity index is 2.53. The first-order valence-electron chi connectivity index (χ1n) is 7.00. The van der Waals surface area contributed by atoms with Gasteiger partial charge in [0.25, 0.3) is 0 Å². The average Bonchev–Trinajstić information content (AvgIpc) is 2.53. The molecule has 0 bridgehead atoms. The Bertz CT molecular complexity index is 675. The molecule has 1 heterocycles. The van der Waals surface area contributed by atoms with Crippen molar-refractivity contribution in [2.75, 3.05) is 13.7 Å². The molecule has 0 aromatic heterocycles. The molecular formula is C15H19N3O4S. The summed E-state index contributed by atoms with van der Waals surface area (Å²) in [6.07, 6.45) is 0. The van der Waals surface area contributed by atoms with Gasteiger partial charge >= 0.3 is 5.97 Å². The molecule has 0 amide bonds. The first kappa shape index (κ1) is 17.0. The van der Waals surface area contributed by atoms with Gasteiger partial charge in [0.05, 0.1) is 25.3 Å². The lowest BCUT2D eigenvalue weighted by Crippen LogP contribution is -2.50. The number of methoxy groups -OCH3 is 1. The molecule has 0 unspecified atom stereocenters. The van der Waals surface area contributed by atoms with Crippen LogP contribution in [0.5, 0.6) is 11.5 Å². The molecule has 4 N–H and O–H groups in total. The van der Waals surface area contributed by atoms with Gasteiger partial charge in [0.1, 0.15) is 0 Å². The lowest BCUT2D eigenvalue weighted by Gasteiger charge is -2.34. The number of rotatable bonds is 4. The van der Waals surface area contributed by atoms with Crippen molar-refractivity contribution < 1.29 is 19.4 Å². The predicted molar refractivity (Wildman–Crippen MR) is 88.5 cm³/mol. The summed E-state index contributed by atoms with van der Waals surface area (Å²) >= 11 is 5.20. The number of ether oxygens (including phenoxy) is 2. The van der Waals surface area contributed by atoms with Crippen molar-refractivity contribution in [3.8, 4) is 11.5 Å². The fourth-order valence-electron chi connectivity index (χ4n) is 2.35. The van der Waals surface area contributed by atoms with Crippen LogP contribution in [0.25, 0.3) is 0 Å². The number of allylic oxidation sites excluding steroid dienone is 1. The van der Waals surface area contributed by atoms with E-state index in [2.05, 4.69) is 5.32 Å². The molecule has 1 aromatic carbocycles. The summed E-state index contributed by atoms with van der Waals surface area (Å²) in [4.78, 5) is 12.3. The van der Waals surface area contributed by atoms with Gasteiger partial charge in [-0.05, 0) is 43.8 Å². The molecule has 0 fully saturated rings. The first-order chi connectivity index (χ1) is 10.9. The molecule has 0 aliphatic carbocycles. The van der Waals surface area contributed by atoms with Crippen molar-refractivity contribution in [2.24, 2.45) is 5.84 Å². The van der Waals surface area contributed by atoms with Crippen LogP contribution in [0.2, 0.25) is 0 Å². The minimum absolute atomic E-state index is 0.00785. The van der Waals surface area contributed by atoms with E-state index < -0.39 is 12.0 Å². The number of phenolic OH excluding ortho intramolecular Hbond substituents is 1. The van der Waals surface area contributed by atoms with Gasteiger partial charge in [-0.1, -0.05) is 6.07 Å². The fourth-order valence-corrected chi connectivity index (χ4v) is 2.61. The standard InChI is InChI=1S/C15H19N3O4S/c1-4-22-14(20)12-8(2)18(16)15(23)17-13(12)9-5-6-10(19)11(7-9)21-3/h5-7,13,19H,4,16H2,1-3H3,(H,17,23)/t13-/m1/s1. The lowest BCUT2D eigenvalue weighted by molar-refractivity contribution is -0.139. The van der Waals surface area contributed by atoms with Crippen molar-refractivity contribution in [1.82, 2.24) is 10.3 Å². The molecule has 0 spiro atoms. The molecule has 0 saturated carbocycles. The molecule has 7 nitrogen and oxygen atoms in total. The first-order valence-corrected chi connectivity index (χ1v) is 7.41. The van der Waals surface area contributed by atoms with Crippen molar-refractivity contribution in [1.29, 1.82) is 0 Å². The maximum absolute atomic E-state index is 12.3. The number of hydrogen-bond donors (Lipinski definition) is 3. The van der Waals surface area contributed by atoms with Crippen molar-refractivity contribution >= 4 is 23.3 Å². The summed E-state index contributed by atoms with van der Waals surface area (Å²) in [6, 6.07) is 4.26. The number of benzene rings is 1. The Morgan fingerprint density at radius 1 is 1.52 bits per heavy atom. The van der Waals surface area contributed by atoms with E-state index in [0.29, 0.717) is 22.6 Å². The highest BCUT2D eigenvalue weighted by Gasteiger charge is 2.34. The molecule has 1 aliphatic rings. The molecule has 8 heteroatoms. The molecule has 1 atom stereocenters. The van der Waals surface area contributed by atoms with Crippen LogP contribution in [0.3, 0.4) is 0 Å². The quantitative estimate of drug-likeness (QED) is 0.430. The number of nitrogens with zero attached hydrogens (tertiary/aromatic N) is 1. The Morgan fingerprint density at radius 2 is 2.22 bits per heavy atom. The zero-order valence-corrected chi connectivity index (χ0v) is 13.9. The third-order valence-corrected chi connectivity index (χ3v) is 3.87. The van der Waals surface area contributed by atoms with E-state index >= 15 is 0 Å². The van der Waals surface area contributed by atoms with Gasteiger partial charge in [0, 0.05) is 5.70 Å². The minimum atomic E-state index is -0.546. The van der Waals surface area contributed by atoms with Crippen LogP contribution in [0, 0.1) is 0 Å². The lowest BCUT2D eigenvalue weighted by atomic mass is 9.95. The van der Waals surface area contributed by atoms with Crippen LogP contribution in [0.1, 0.15) is 25.5 Å². The third-order valence-electron chi connectivity index (χ3n) is 3.56. The second-order valence-corrected chi connectivity index (χ2v) is 5.29. The summed E-state index contributed by atoms with van der Waals surface area (Å²) in [6.45, 7) is 3.67. The van der Waals surface area contributed by atoms with Crippen molar-refractivity contribution in [3.05, 3.63) is 35.0 Å². The summed E-state index contributed by atoms with van der Waals surface area (Å²) < 4.78 is 10.2. The SMILES string of the molecule is CCOC(=O)C1=C(C)N(N)C(=S)N[C@@H]1c1ccc(O)c(OC)c1. The van der Waals surface area contributed by atoms with Gasteiger partial charge in [-0.2, -0.15) is 0 Å². The van der Waals surface area contributed by atoms with E-state index in [-0.39, 0.29) is 17.5 Å². The van der Waals surface area contributed by atoms with Crippen LogP contribution < -0.4 is 15.9 Å². The molecule has 1 aliphatic heterocycles. The van der Waals surface area contributed by atoms with Crippen LogP contribution >= 0.6 is 12.2 Å². The Kier molecular flexibility index (Phi) is 5.07. The molecule has 0 saturated heterocycles. The number of nitrogens with two attached hydrogens (primary N) is 1. The number of aromatic hydroxyl groups is 1. The van der Waals surface area contributed by atoms with Gasteiger partial charge in [0.2, 0.25) is 0 Å². The third kappa shape index (κ3) is 3.22. The van der Waals surface area contributed by atoms with E-state index in [9.17, 15) is 9.90 Å². The van der Waals surface area contributed by atoms with E-state index in [4.69, 9.17) is 27.5 Å². The van der Waals surface area contributed by atoms with Gasteiger partial charge in [-0.25, -0.2) is 10.6 Å². The highest BCUT2D eigenvalue weighted by molar-refractivity contribution is 7.80. The van der Waals surface area contributed by atoms with Gasteiger partial charge in [-0.3, -0.25) is 5.01 Å². The smallest absolute Gasteiger partial charge is 0.338 e. The summed E-state index contributed by atoms with van der Waals surface area (Å²) in [7, 11) is 1.45. The zero-order valence-electron chi connectivity index (χ0n) is 13.1. The monoisotopic (exact) mass is 337 g/mol. The van der Waals surface area contributed by atoms with Crippen LogP contribution in [-0.4, -0.2) is 34.9 Å². The number of hydrazine groups is 1. The topological polar surface area (TPSA) is 97.1 Å². The largest absolute Gasteiger partial charge is 0.504 e. The maximum Gasteiger partial charge on any atom is 0.338 e. The predicted octanol–water partition coefficient (Wildman–Crippen LogP) is 1.34. The van der Waals surface area contributed by atoms with Crippen molar-refractivity contribution in [2.45, 2.75) is 19.9 Å². The number of phenols is 1. The molecule has 23 heavy (non-hydrogen) atoms. The van der Waals surface area contributed by atoms with Gasteiger partial charge < -0.3 is 19.9 Å². The number of carbonyl (C=O) groups is 1. The molecule has 2 rings (SSSR count). The summed E-state index contributed by atoms with van der Waals surface area (Å²) in [5.41, 5.74) is 1.55. The van der Waals surface area contributed by atoms with Crippen LogP contribution in [0.15, 0.2) is 29.5 Å². The molecule has 1 aromatic rings. The van der Waals surface area contributed by atoms with Crippen LogP contribution in [0.4, 0.5) is 0 Å². The van der Waals surface area contributed by atoms with E-state index in [1.54, 1.807) is 26.0 Å². The highest BCUT2D eigenvalue weighted by atomic mass is 32.1. The highest BCUT2D eigenvalue weighted by Crippen LogP contribution is 2.34. The molecule has 124 valence electrons. The minimum Gasteiger partial charge on any atom is -0.504 e. The van der Waals surface area contributed by atoms with Gasteiger partial charge in [0.15, 0.2) is 16.6 Å². The number of thiocarbonyl (C=S) groups is 1. The van der Waals surface area contributed by atoms with E-state index in [1.165, 1.54) is 18.2 Å². The second kappa shape index (κ2) is 6.84. The fraction of sp³-hybridized carbons (Fsp3) is 0.333. The Hall–Kier alpha value is -2.32. The maximum atomic E-state index is 12.3. The average molecular weight is 337 g/mol. The normalized spacial score (nSPS) is 17.8.